The molecule has 6 nitrogen and oxygen atoms in total. The van der Waals surface area contributed by atoms with Gasteiger partial charge in [-0.05, 0) is 135 Å². The Hall–Kier alpha value is -4.97. The van der Waals surface area contributed by atoms with Crippen molar-refractivity contribution < 1.29 is 28.6 Å². The molecule has 0 aliphatic carbocycles. The number of hydrogen-bond donors (Lipinski definition) is 0. The fourth-order valence-electron chi connectivity index (χ4n) is 6.46. The molecular weight excluding hydrogens is 853 g/mol. The minimum Gasteiger partial charge on any atom is -0.462 e. The van der Waals surface area contributed by atoms with Gasteiger partial charge in [0.25, 0.3) is 0 Å². The van der Waals surface area contributed by atoms with E-state index in [-0.39, 0.29) is 44.4 Å². The number of unbranched alkanes of at least 4 members (excludes halogenated alkanes) is 9. The van der Waals surface area contributed by atoms with Crippen molar-refractivity contribution >= 4 is 17.9 Å². The van der Waals surface area contributed by atoms with Crippen LogP contribution in [-0.4, -0.2) is 37.2 Å². The summed E-state index contributed by atoms with van der Waals surface area (Å²) in [6.45, 7) is 6.29. The molecule has 0 bridgehead atoms. The van der Waals surface area contributed by atoms with Crippen molar-refractivity contribution in [2.75, 3.05) is 13.2 Å². The Kier molecular flexibility index (Phi) is 51.6. The Morgan fingerprint density at radius 2 is 0.594 bits per heavy atom. The minimum absolute atomic E-state index is 0.153. The molecule has 0 aromatic rings. The number of allylic oxidation sites excluding steroid dienone is 26. The van der Waals surface area contributed by atoms with Gasteiger partial charge in [-0.25, -0.2) is 0 Å². The van der Waals surface area contributed by atoms with Crippen molar-refractivity contribution in [1.82, 2.24) is 0 Å². The van der Waals surface area contributed by atoms with Crippen molar-refractivity contribution in [3.63, 3.8) is 0 Å². The first kappa shape index (κ1) is 64.0. The van der Waals surface area contributed by atoms with Crippen LogP contribution in [0.15, 0.2) is 158 Å². The molecule has 0 spiro atoms. The maximum atomic E-state index is 12.8. The number of hydrogen-bond acceptors (Lipinski definition) is 6. The lowest BCUT2D eigenvalue weighted by molar-refractivity contribution is -0.166. The average molecular weight is 949 g/mol. The predicted molar refractivity (Wildman–Crippen MR) is 297 cm³/mol. The standard InChI is InChI=1S/C63H96O6/c1-4-7-10-13-16-19-22-25-28-30-31-33-36-39-42-45-48-51-54-57-63(66)69-60(58-67-61(64)55-52-49-46-43-40-37-34-27-24-21-18-15-12-9-6-3)59-68-62(65)56-53-50-47-44-41-38-35-32-29-26-23-20-17-14-11-8-5-2/h7,10,16-21,25-29,31,33-35,38-40,42-44,47-48,51,60H,4-6,8-9,11-15,22-24,30,32,36-37,41,45-46,49-50,52-59H2,1-3H3/b10-7-,19-16-,20-17-,21-18-,28-25-,29-26-,33-31-,34-27-,38-35-,42-39-,43-40-,47-44-,51-48-/t60-/m0/s1. The molecule has 384 valence electrons. The van der Waals surface area contributed by atoms with Gasteiger partial charge in [0.15, 0.2) is 6.10 Å². The van der Waals surface area contributed by atoms with Crippen LogP contribution in [0.2, 0.25) is 0 Å². The molecule has 0 saturated heterocycles. The molecule has 0 aliphatic rings. The summed E-state index contributed by atoms with van der Waals surface area (Å²) in [4.78, 5) is 38.0. The lowest BCUT2D eigenvalue weighted by Gasteiger charge is -2.18. The van der Waals surface area contributed by atoms with Crippen LogP contribution >= 0.6 is 0 Å². The van der Waals surface area contributed by atoms with Gasteiger partial charge in [0, 0.05) is 19.3 Å². The van der Waals surface area contributed by atoms with Gasteiger partial charge in [-0.15, -0.1) is 0 Å². The van der Waals surface area contributed by atoms with E-state index in [9.17, 15) is 14.4 Å². The fraction of sp³-hybridized carbons (Fsp3) is 0.540. The van der Waals surface area contributed by atoms with Crippen LogP contribution in [0.3, 0.4) is 0 Å². The highest BCUT2D eigenvalue weighted by Gasteiger charge is 2.19. The monoisotopic (exact) mass is 949 g/mol. The molecule has 0 heterocycles. The molecule has 0 aromatic heterocycles. The molecule has 0 aliphatic heterocycles. The van der Waals surface area contributed by atoms with Crippen molar-refractivity contribution in [3.8, 4) is 0 Å². The second-order valence-corrected chi connectivity index (χ2v) is 17.0. The summed E-state index contributed by atoms with van der Waals surface area (Å²) in [5.74, 6) is -1.14. The average Bonchev–Trinajstić information content (AvgIpc) is 3.35. The Morgan fingerprint density at radius 3 is 0.942 bits per heavy atom. The van der Waals surface area contributed by atoms with Gasteiger partial charge in [-0.1, -0.05) is 204 Å². The van der Waals surface area contributed by atoms with E-state index in [1.165, 1.54) is 51.4 Å². The SMILES string of the molecule is CC/C=C\C/C=C\C/C=C\C/C=C\C/C=C\C/C=C\CCC(=O)O[C@H](COC(=O)CCC/C=C\C/C=C\C/C=C\C/C=C\CCCCC)COC(=O)CCCC/C=C\C/C=C\C/C=C\CCCCC. The zero-order valence-electron chi connectivity index (χ0n) is 43.8. The number of carbonyl (C=O) groups excluding carboxylic acids is 3. The van der Waals surface area contributed by atoms with Gasteiger partial charge in [0.1, 0.15) is 13.2 Å². The van der Waals surface area contributed by atoms with Crippen LogP contribution in [0, 0.1) is 0 Å². The van der Waals surface area contributed by atoms with Crippen LogP contribution in [0.25, 0.3) is 0 Å². The highest BCUT2D eigenvalue weighted by atomic mass is 16.6. The molecule has 69 heavy (non-hydrogen) atoms. The first-order valence-electron chi connectivity index (χ1n) is 27.0. The highest BCUT2D eigenvalue weighted by molar-refractivity contribution is 5.71. The second-order valence-electron chi connectivity index (χ2n) is 17.0. The topological polar surface area (TPSA) is 78.9 Å². The first-order chi connectivity index (χ1) is 34.0. The van der Waals surface area contributed by atoms with Crippen molar-refractivity contribution in [2.45, 2.75) is 207 Å². The lowest BCUT2D eigenvalue weighted by Crippen LogP contribution is -2.30. The van der Waals surface area contributed by atoms with Crippen LogP contribution in [0.5, 0.6) is 0 Å². The van der Waals surface area contributed by atoms with Crippen LogP contribution in [0.4, 0.5) is 0 Å². The maximum Gasteiger partial charge on any atom is 0.306 e. The van der Waals surface area contributed by atoms with Crippen molar-refractivity contribution in [2.24, 2.45) is 0 Å². The Bertz CT molecular complexity index is 1610. The number of esters is 3. The van der Waals surface area contributed by atoms with E-state index in [4.69, 9.17) is 14.2 Å². The third kappa shape index (κ3) is 53.8. The van der Waals surface area contributed by atoms with Gasteiger partial charge in [0.2, 0.25) is 0 Å². The zero-order valence-corrected chi connectivity index (χ0v) is 43.8. The van der Waals surface area contributed by atoms with E-state index >= 15 is 0 Å². The fourth-order valence-corrected chi connectivity index (χ4v) is 6.46. The van der Waals surface area contributed by atoms with E-state index in [0.29, 0.717) is 19.3 Å². The summed E-state index contributed by atoms with van der Waals surface area (Å²) < 4.78 is 16.7. The smallest absolute Gasteiger partial charge is 0.306 e. The third-order valence-corrected chi connectivity index (χ3v) is 10.5. The van der Waals surface area contributed by atoms with Gasteiger partial charge in [0.05, 0.1) is 0 Å². The number of carbonyl (C=O) groups is 3. The molecule has 6 heteroatoms. The molecule has 0 radical (unpaired) electrons. The van der Waals surface area contributed by atoms with E-state index in [2.05, 4.69) is 167 Å². The minimum atomic E-state index is -0.864. The van der Waals surface area contributed by atoms with E-state index in [1.807, 2.05) is 12.2 Å². The third-order valence-electron chi connectivity index (χ3n) is 10.5. The van der Waals surface area contributed by atoms with Crippen LogP contribution in [-0.2, 0) is 28.6 Å². The molecule has 0 fully saturated rings. The largest absolute Gasteiger partial charge is 0.462 e. The summed E-state index contributed by atoms with van der Waals surface area (Å²) >= 11 is 0. The molecule has 0 amide bonds. The van der Waals surface area contributed by atoms with Crippen molar-refractivity contribution in [3.05, 3.63) is 158 Å². The molecule has 0 aromatic carbocycles. The Labute approximate surface area is 422 Å². The second kappa shape index (κ2) is 55.6. The maximum absolute atomic E-state index is 12.8. The summed E-state index contributed by atoms with van der Waals surface area (Å²) in [6.07, 6.45) is 81.0. The number of rotatable bonds is 46. The summed E-state index contributed by atoms with van der Waals surface area (Å²) in [5, 5.41) is 0. The van der Waals surface area contributed by atoms with Crippen molar-refractivity contribution in [1.29, 1.82) is 0 Å². The molecule has 0 saturated carbocycles. The highest BCUT2D eigenvalue weighted by Crippen LogP contribution is 2.09. The summed E-state index contributed by atoms with van der Waals surface area (Å²) in [6, 6.07) is 0. The number of ether oxygens (including phenoxy) is 3. The molecule has 0 rings (SSSR count). The molecule has 1 atom stereocenters. The summed E-state index contributed by atoms with van der Waals surface area (Å²) in [7, 11) is 0. The molecule has 0 N–H and O–H groups in total. The van der Waals surface area contributed by atoms with Gasteiger partial charge in [-0.3, -0.25) is 14.4 Å². The Balaban J connectivity index is 4.69. The zero-order chi connectivity index (χ0) is 50.0. The van der Waals surface area contributed by atoms with Gasteiger partial charge in [-0.2, -0.15) is 0 Å². The quantitative estimate of drug-likeness (QED) is 0.0262. The molecular formula is C63H96O6. The lowest BCUT2D eigenvalue weighted by atomic mass is 10.1. The predicted octanol–water partition coefficient (Wildman–Crippen LogP) is 18.2. The van der Waals surface area contributed by atoms with Gasteiger partial charge >= 0.3 is 17.9 Å². The first-order valence-corrected chi connectivity index (χ1v) is 27.0. The van der Waals surface area contributed by atoms with Crippen LogP contribution in [0.1, 0.15) is 201 Å². The summed E-state index contributed by atoms with van der Waals surface area (Å²) in [5.41, 5.74) is 0. The van der Waals surface area contributed by atoms with Gasteiger partial charge < -0.3 is 14.2 Å². The molecule has 0 unspecified atom stereocenters. The van der Waals surface area contributed by atoms with E-state index in [0.717, 1.165) is 89.9 Å². The van der Waals surface area contributed by atoms with E-state index < -0.39 is 12.1 Å². The normalized spacial score (nSPS) is 13.4. The van der Waals surface area contributed by atoms with E-state index in [1.54, 1.807) is 0 Å². The Morgan fingerprint density at radius 1 is 0.304 bits per heavy atom. The van der Waals surface area contributed by atoms with Crippen LogP contribution < -0.4 is 0 Å².